The number of halogens is 11. The van der Waals surface area contributed by atoms with Crippen molar-refractivity contribution in [2.45, 2.75) is 57.2 Å². The lowest BCUT2D eigenvalue weighted by Gasteiger charge is -2.28. The monoisotopic (exact) mass is 684 g/mol. The molecule has 0 aliphatic heterocycles. The molecule has 0 unspecified atom stereocenters. The molecule has 254 valence electrons. The normalized spacial score (nSPS) is 17.2. The van der Waals surface area contributed by atoms with Crippen molar-refractivity contribution in [3.05, 3.63) is 124 Å². The quantitative estimate of drug-likeness (QED) is 0.133. The first-order chi connectivity index (χ1) is 22.6. The van der Waals surface area contributed by atoms with Crippen molar-refractivity contribution in [1.82, 2.24) is 0 Å². The van der Waals surface area contributed by atoms with Gasteiger partial charge in [0.05, 0.1) is 0 Å². The lowest BCUT2D eigenvalue weighted by molar-refractivity contribution is -0.189. The van der Waals surface area contributed by atoms with Gasteiger partial charge < -0.3 is 4.74 Å². The van der Waals surface area contributed by atoms with Crippen LogP contribution in [0.1, 0.15) is 61.6 Å². The maximum absolute atomic E-state index is 15.1. The molecule has 1 saturated carbocycles. The van der Waals surface area contributed by atoms with Crippen LogP contribution in [0, 0.1) is 40.8 Å². The van der Waals surface area contributed by atoms with Gasteiger partial charge in [0.2, 0.25) is 0 Å². The molecule has 1 fully saturated rings. The van der Waals surface area contributed by atoms with E-state index in [9.17, 15) is 35.1 Å². The molecule has 48 heavy (non-hydrogen) atoms. The molecule has 1 aliphatic carbocycles. The highest BCUT2D eigenvalue weighted by molar-refractivity contribution is 5.72. The van der Waals surface area contributed by atoms with E-state index in [1.165, 1.54) is 0 Å². The molecule has 0 spiro atoms. The highest BCUT2D eigenvalue weighted by Crippen LogP contribution is 2.42. The second-order valence-electron chi connectivity index (χ2n) is 11.6. The fourth-order valence-electron chi connectivity index (χ4n) is 5.99. The fourth-order valence-corrected chi connectivity index (χ4v) is 5.99. The van der Waals surface area contributed by atoms with E-state index in [1.54, 1.807) is 0 Å². The van der Waals surface area contributed by atoms with E-state index in [0.717, 1.165) is 61.7 Å². The number of allylic oxidation sites excluding steroid dienone is 2. The molecule has 0 atom stereocenters. The lowest BCUT2D eigenvalue weighted by Crippen LogP contribution is -2.25. The topological polar surface area (TPSA) is 9.23 Å². The molecule has 0 N–H and O–H groups in total. The minimum Gasteiger partial charge on any atom is -0.429 e. The van der Waals surface area contributed by atoms with Crippen molar-refractivity contribution >= 4 is 0 Å². The van der Waals surface area contributed by atoms with Gasteiger partial charge in [0.1, 0.15) is 51.8 Å². The third-order valence-electron chi connectivity index (χ3n) is 8.35. The predicted octanol–water partition coefficient (Wildman–Crippen LogP) is 12.2. The Hall–Kier alpha value is -4.35. The zero-order valence-electron chi connectivity index (χ0n) is 25.2. The molecule has 0 saturated heterocycles. The third-order valence-corrected chi connectivity index (χ3v) is 8.35. The molecular formula is C36H27F11O. The molecule has 1 nitrogen and oxygen atoms in total. The second-order valence-corrected chi connectivity index (χ2v) is 11.6. The summed E-state index contributed by atoms with van der Waals surface area (Å²) < 4.78 is 161. The molecule has 4 aromatic rings. The third kappa shape index (κ3) is 7.37. The van der Waals surface area contributed by atoms with Gasteiger partial charge in [-0.25, -0.2) is 26.3 Å². The molecule has 4 aromatic carbocycles. The Balaban J connectivity index is 1.33. The molecule has 5 rings (SSSR count). The number of alkyl halides is 5. The molecule has 12 heteroatoms. The molecule has 0 amide bonds. The summed E-state index contributed by atoms with van der Waals surface area (Å²) >= 11 is 0. The van der Waals surface area contributed by atoms with Crippen molar-refractivity contribution in [2.24, 2.45) is 5.92 Å². The smallest absolute Gasteiger partial charge is 0.429 e. The maximum Gasteiger partial charge on any atom is 0.432 e. The summed E-state index contributed by atoms with van der Waals surface area (Å²) in [4.78, 5) is 0. The Bertz CT molecular complexity index is 1790. The first-order valence-corrected chi connectivity index (χ1v) is 15.0. The maximum atomic E-state index is 15.1. The van der Waals surface area contributed by atoms with Gasteiger partial charge in [0.25, 0.3) is 0 Å². The largest absolute Gasteiger partial charge is 0.432 e. The van der Waals surface area contributed by atoms with Gasteiger partial charge in [-0.05, 0) is 103 Å². The molecule has 0 heterocycles. The van der Waals surface area contributed by atoms with Crippen molar-refractivity contribution in [2.75, 3.05) is 0 Å². The van der Waals surface area contributed by atoms with Crippen molar-refractivity contribution in [3.8, 4) is 28.0 Å². The summed E-state index contributed by atoms with van der Waals surface area (Å²) in [6.45, 7) is 2.01. The number of benzene rings is 4. The molecule has 0 radical (unpaired) electrons. The van der Waals surface area contributed by atoms with Crippen molar-refractivity contribution in [1.29, 1.82) is 0 Å². The Labute approximate surface area is 268 Å². The van der Waals surface area contributed by atoms with Crippen LogP contribution in [0.15, 0.2) is 72.8 Å². The van der Waals surface area contributed by atoms with Gasteiger partial charge in [-0.1, -0.05) is 31.2 Å². The van der Waals surface area contributed by atoms with Crippen LogP contribution >= 0.6 is 0 Å². The Morgan fingerprint density at radius 3 is 1.69 bits per heavy atom. The van der Waals surface area contributed by atoms with Crippen LogP contribution in [0.25, 0.3) is 22.3 Å². The second kappa shape index (κ2) is 13.6. The van der Waals surface area contributed by atoms with Crippen LogP contribution in [-0.4, -0.2) is 0 Å². The van der Waals surface area contributed by atoms with E-state index < -0.39 is 75.2 Å². The summed E-state index contributed by atoms with van der Waals surface area (Å²) in [5, 5.41) is 0. The van der Waals surface area contributed by atoms with E-state index in [4.69, 9.17) is 0 Å². The van der Waals surface area contributed by atoms with Crippen LogP contribution in [0.4, 0.5) is 48.3 Å². The van der Waals surface area contributed by atoms with Crippen LogP contribution < -0.4 is 4.74 Å². The van der Waals surface area contributed by atoms with Gasteiger partial charge >= 0.3 is 12.3 Å². The van der Waals surface area contributed by atoms with Crippen molar-refractivity contribution < 1.29 is 53.0 Å². The highest BCUT2D eigenvalue weighted by Gasteiger charge is 2.42. The summed E-state index contributed by atoms with van der Waals surface area (Å²) in [7, 11) is 0. The van der Waals surface area contributed by atoms with Crippen LogP contribution in [-0.2, 0) is 12.3 Å². The predicted molar refractivity (Wildman–Crippen MR) is 157 cm³/mol. The van der Waals surface area contributed by atoms with Crippen LogP contribution in [0.2, 0.25) is 0 Å². The van der Waals surface area contributed by atoms with Gasteiger partial charge in [-0.3, -0.25) is 0 Å². The number of rotatable bonds is 8. The summed E-state index contributed by atoms with van der Waals surface area (Å²) in [5.74, 6) is -10.0. The SMILES string of the molecule is CC/C=C/C1CCC(c2cc(F)c(C(F)(F)Oc3ccc(-c4ccc(-c5cc(F)c(C(F)(F)F)c(F)c5)c(F)c4)c(F)c3)c(F)c2)CC1. The van der Waals surface area contributed by atoms with Crippen molar-refractivity contribution in [3.63, 3.8) is 0 Å². The molecule has 0 bridgehead atoms. The zero-order valence-corrected chi connectivity index (χ0v) is 25.2. The number of hydrogen-bond acceptors (Lipinski definition) is 1. The van der Waals surface area contributed by atoms with E-state index >= 15 is 13.2 Å². The standard InChI is InChI=1S/C36H27F11O/c1-2-3-4-19-5-7-20(8-6-19)22-14-31(41)34(32(42)15-22)36(46,47)48-24-10-12-25(28(38)18-24)21-9-11-26(27(37)13-21)23-16-29(39)33(30(40)17-23)35(43,44)45/h3-4,9-20H,2,5-8H2,1H3/b4-3+. The molecule has 1 aliphatic rings. The first-order valence-electron chi connectivity index (χ1n) is 15.0. The van der Waals surface area contributed by atoms with E-state index in [-0.39, 0.29) is 22.6 Å². The Kier molecular flexibility index (Phi) is 9.94. The first kappa shape index (κ1) is 35.0. The zero-order chi connectivity index (χ0) is 35.0. The molecule has 0 aromatic heterocycles. The average Bonchev–Trinajstić information content (AvgIpc) is 2.98. The highest BCUT2D eigenvalue weighted by atomic mass is 19.4. The summed E-state index contributed by atoms with van der Waals surface area (Å²) in [5.41, 5.74) is -5.13. The minimum atomic E-state index is -5.33. The van der Waals surface area contributed by atoms with E-state index in [0.29, 0.717) is 37.0 Å². The molecular weight excluding hydrogens is 657 g/mol. The van der Waals surface area contributed by atoms with Gasteiger partial charge in [0.15, 0.2) is 0 Å². The van der Waals surface area contributed by atoms with Gasteiger partial charge in [-0.15, -0.1) is 0 Å². The van der Waals surface area contributed by atoms with Gasteiger partial charge in [-0.2, -0.15) is 22.0 Å². The number of hydrogen-bond donors (Lipinski definition) is 0. The summed E-state index contributed by atoms with van der Waals surface area (Å²) in [6, 6.07) is 7.33. The Morgan fingerprint density at radius 2 is 1.15 bits per heavy atom. The van der Waals surface area contributed by atoms with Gasteiger partial charge in [0, 0.05) is 17.2 Å². The van der Waals surface area contributed by atoms with E-state index in [2.05, 4.69) is 16.9 Å². The minimum absolute atomic E-state index is 0.178. The average molecular weight is 685 g/mol. The van der Waals surface area contributed by atoms with E-state index in [1.807, 2.05) is 6.92 Å². The number of ether oxygens (including phenoxy) is 1. The summed E-state index contributed by atoms with van der Waals surface area (Å²) in [6.07, 6.45) is -1.96. The van der Waals surface area contributed by atoms with Crippen LogP contribution in [0.3, 0.4) is 0 Å². The fraction of sp³-hybridized carbons (Fsp3) is 0.278. The Morgan fingerprint density at radius 1 is 0.625 bits per heavy atom. The lowest BCUT2D eigenvalue weighted by atomic mass is 9.78. The van der Waals surface area contributed by atoms with Crippen LogP contribution in [0.5, 0.6) is 5.75 Å².